The number of carboxylic acid groups (broad SMARTS) is 1. The molecule has 0 aliphatic carbocycles. The van der Waals surface area contributed by atoms with Gasteiger partial charge in [0.1, 0.15) is 0 Å². The van der Waals surface area contributed by atoms with Crippen molar-refractivity contribution in [3.8, 4) is 11.5 Å². The van der Waals surface area contributed by atoms with Gasteiger partial charge < -0.3 is 25.0 Å². The van der Waals surface area contributed by atoms with Crippen molar-refractivity contribution in [1.29, 1.82) is 0 Å². The molecular weight excluding hydrogens is 266 g/mol. The molecule has 0 saturated heterocycles. The minimum atomic E-state index is -1.63. The van der Waals surface area contributed by atoms with Gasteiger partial charge in [-0.05, 0) is 19.1 Å². The lowest BCUT2D eigenvalue weighted by molar-refractivity contribution is -0.146. The van der Waals surface area contributed by atoms with E-state index in [2.05, 4.69) is 5.32 Å². The van der Waals surface area contributed by atoms with Crippen LogP contribution in [-0.2, 0) is 9.59 Å². The third-order valence-electron chi connectivity index (χ3n) is 2.29. The third kappa shape index (κ3) is 5.15. The van der Waals surface area contributed by atoms with E-state index in [9.17, 15) is 9.59 Å². The van der Waals surface area contributed by atoms with E-state index in [1.807, 2.05) is 6.92 Å². The number of rotatable bonds is 8. The highest BCUT2D eigenvalue weighted by Crippen LogP contribution is 2.26. The summed E-state index contributed by atoms with van der Waals surface area (Å²) < 4.78 is 10.6. The van der Waals surface area contributed by atoms with Gasteiger partial charge in [0.15, 0.2) is 24.2 Å². The van der Waals surface area contributed by atoms with Crippen molar-refractivity contribution in [2.24, 2.45) is 0 Å². The molecule has 0 aliphatic heterocycles. The molecule has 0 bridgehead atoms. The molecule has 7 nitrogen and oxygen atoms in total. The molecule has 0 aromatic heterocycles. The Hall–Kier alpha value is -2.28. The average molecular weight is 283 g/mol. The SMILES string of the molecule is CCOc1ccccc1OCC(=O)NCC(O)C(=O)O. The summed E-state index contributed by atoms with van der Waals surface area (Å²) in [5.74, 6) is -0.985. The van der Waals surface area contributed by atoms with Crippen LogP contribution >= 0.6 is 0 Å². The molecule has 1 amide bonds. The molecule has 0 fully saturated rings. The fourth-order valence-electron chi connectivity index (χ4n) is 1.34. The minimum Gasteiger partial charge on any atom is -0.490 e. The fraction of sp³-hybridized carbons (Fsp3) is 0.385. The number of benzene rings is 1. The monoisotopic (exact) mass is 283 g/mol. The van der Waals surface area contributed by atoms with Gasteiger partial charge in [0.05, 0.1) is 13.2 Å². The number of hydrogen-bond donors (Lipinski definition) is 3. The summed E-state index contributed by atoms with van der Waals surface area (Å²) in [7, 11) is 0. The first-order chi connectivity index (χ1) is 9.54. The molecule has 0 radical (unpaired) electrons. The Balaban J connectivity index is 2.43. The van der Waals surface area contributed by atoms with E-state index in [-0.39, 0.29) is 13.2 Å². The number of carboxylic acids is 1. The molecular formula is C13H17NO6. The van der Waals surface area contributed by atoms with Crippen molar-refractivity contribution in [1.82, 2.24) is 5.32 Å². The summed E-state index contributed by atoms with van der Waals surface area (Å²) >= 11 is 0. The quantitative estimate of drug-likeness (QED) is 0.621. The van der Waals surface area contributed by atoms with Crippen molar-refractivity contribution in [2.75, 3.05) is 19.8 Å². The molecule has 1 unspecified atom stereocenters. The normalized spacial score (nSPS) is 11.5. The van der Waals surface area contributed by atoms with Crippen LogP contribution < -0.4 is 14.8 Å². The van der Waals surface area contributed by atoms with Gasteiger partial charge in [-0.2, -0.15) is 0 Å². The van der Waals surface area contributed by atoms with E-state index >= 15 is 0 Å². The number of carbonyl (C=O) groups is 2. The van der Waals surface area contributed by atoms with Crippen LogP contribution in [0.1, 0.15) is 6.92 Å². The lowest BCUT2D eigenvalue weighted by Gasteiger charge is -2.12. The maximum atomic E-state index is 11.4. The lowest BCUT2D eigenvalue weighted by Crippen LogP contribution is -2.38. The van der Waals surface area contributed by atoms with Gasteiger partial charge in [-0.25, -0.2) is 4.79 Å². The first kappa shape index (κ1) is 15.8. The van der Waals surface area contributed by atoms with E-state index < -0.39 is 18.0 Å². The van der Waals surface area contributed by atoms with Crippen molar-refractivity contribution in [3.63, 3.8) is 0 Å². The minimum absolute atomic E-state index is 0.295. The standard InChI is InChI=1S/C13H17NO6/c1-2-19-10-5-3-4-6-11(10)20-8-12(16)14-7-9(15)13(17)18/h3-6,9,15H,2,7-8H2,1H3,(H,14,16)(H,17,18). The van der Waals surface area contributed by atoms with Crippen LogP contribution in [0.15, 0.2) is 24.3 Å². The molecule has 3 N–H and O–H groups in total. The summed E-state index contributed by atoms with van der Waals surface area (Å²) in [5, 5.41) is 19.7. The Kier molecular flexibility index (Phi) is 6.31. The Bertz CT molecular complexity index is 462. The van der Waals surface area contributed by atoms with Crippen molar-refractivity contribution < 1.29 is 29.3 Å². The molecule has 0 aliphatic rings. The molecule has 1 rings (SSSR count). The third-order valence-corrected chi connectivity index (χ3v) is 2.29. The van der Waals surface area contributed by atoms with Crippen molar-refractivity contribution in [2.45, 2.75) is 13.0 Å². The highest BCUT2D eigenvalue weighted by atomic mass is 16.5. The number of amides is 1. The van der Waals surface area contributed by atoms with Gasteiger partial charge >= 0.3 is 5.97 Å². The summed E-state index contributed by atoms with van der Waals surface area (Å²) in [6.45, 7) is 1.63. The van der Waals surface area contributed by atoms with Crippen LogP contribution in [0.25, 0.3) is 0 Å². The molecule has 110 valence electrons. The summed E-state index contributed by atoms with van der Waals surface area (Å²) in [4.78, 5) is 21.8. The Labute approximate surface area is 116 Å². The Morgan fingerprint density at radius 1 is 1.25 bits per heavy atom. The van der Waals surface area contributed by atoms with Crippen molar-refractivity contribution >= 4 is 11.9 Å². The van der Waals surface area contributed by atoms with Crippen LogP contribution in [0.5, 0.6) is 11.5 Å². The number of carbonyl (C=O) groups excluding carboxylic acids is 1. The summed E-state index contributed by atoms with van der Waals surface area (Å²) in [6, 6.07) is 6.89. The zero-order chi connectivity index (χ0) is 15.0. The van der Waals surface area contributed by atoms with E-state index in [0.29, 0.717) is 18.1 Å². The van der Waals surface area contributed by atoms with Gasteiger partial charge in [-0.1, -0.05) is 12.1 Å². The predicted molar refractivity (Wildman–Crippen MR) is 69.8 cm³/mol. The van der Waals surface area contributed by atoms with Crippen LogP contribution in [0, 0.1) is 0 Å². The molecule has 0 saturated carbocycles. The maximum Gasteiger partial charge on any atom is 0.334 e. The summed E-state index contributed by atoms with van der Waals surface area (Å²) in [6.07, 6.45) is -1.63. The second-order valence-corrected chi connectivity index (χ2v) is 3.83. The van der Waals surface area contributed by atoms with E-state index in [1.165, 1.54) is 0 Å². The number of para-hydroxylation sites is 2. The first-order valence-corrected chi connectivity index (χ1v) is 6.06. The largest absolute Gasteiger partial charge is 0.490 e. The smallest absolute Gasteiger partial charge is 0.334 e. The molecule has 0 spiro atoms. The molecule has 20 heavy (non-hydrogen) atoms. The van der Waals surface area contributed by atoms with E-state index in [0.717, 1.165) is 0 Å². The van der Waals surface area contributed by atoms with Gasteiger partial charge in [0.25, 0.3) is 5.91 Å². The summed E-state index contributed by atoms with van der Waals surface area (Å²) in [5.41, 5.74) is 0. The fourth-order valence-corrected chi connectivity index (χ4v) is 1.34. The molecule has 1 atom stereocenters. The van der Waals surface area contributed by atoms with Crippen molar-refractivity contribution in [3.05, 3.63) is 24.3 Å². The van der Waals surface area contributed by atoms with Crippen LogP contribution in [0.3, 0.4) is 0 Å². The Morgan fingerprint density at radius 2 is 1.85 bits per heavy atom. The Morgan fingerprint density at radius 3 is 2.40 bits per heavy atom. The molecule has 1 aromatic rings. The van der Waals surface area contributed by atoms with Gasteiger partial charge in [-0.3, -0.25) is 4.79 Å². The zero-order valence-electron chi connectivity index (χ0n) is 11.0. The molecule has 0 heterocycles. The highest BCUT2D eigenvalue weighted by Gasteiger charge is 2.14. The van der Waals surface area contributed by atoms with E-state index in [4.69, 9.17) is 19.7 Å². The predicted octanol–water partition coefficient (Wildman–Crippen LogP) is 0.0258. The lowest BCUT2D eigenvalue weighted by atomic mass is 10.3. The average Bonchev–Trinajstić information content (AvgIpc) is 2.44. The number of ether oxygens (including phenoxy) is 2. The molecule has 7 heteroatoms. The second kappa shape index (κ2) is 8.00. The topological polar surface area (TPSA) is 105 Å². The van der Waals surface area contributed by atoms with Crippen LogP contribution in [-0.4, -0.2) is 48.0 Å². The number of hydrogen-bond acceptors (Lipinski definition) is 5. The maximum absolute atomic E-state index is 11.4. The zero-order valence-corrected chi connectivity index (χ0v) is 11.0. The molecule has 1 aromatic carbocycles. The second-order valence-electron chi connectivity index (χ2n) is 3.83. The number of aliphatic hydroxyl groups is 1. The van der Waals surface area contributed by atoms with Gasteiger partial charge in [0.2, 0.25) is 0 Å². The van der Waals surface area contributed by atoms with Crippen LogP contribution in [0.2, 0.25) is 0 Å². The first-order valence-electron chi connectivity index (χ1n) is 6.06. The van der Waals surface area contributed by atoms with Crippen LogP contribution in [0.4, 0.5) is 0 Å². The van der Waals surface area contributed by atoms with Gasteiger partial charge in [0, 0.05) is 0 Å². The number of nitrogens with one attached hydrogen (secondary N) is 1. The van der Waals surface area contributed by atoms with Gasteiger partial charge in [-0.15, -0.1) is 0 Å². The highest BCUT2D eigenvalue weighted by molar-refractivity contribution is 5.79. The number of aliphatic hydroxyl groups excluding tert-OH is 1. The number of aliphatic carboxylic acids is 1. The van der Waals surface area contributed by atoms with E-state index in [1.54, 1.807) is 24.3 Å².